The van der Waals surface area contributed by atoms with Crippen molar-refractivity contribution in [1.29, 1.82) is 0 Å². The number of aliphatic hydroxyl groups excluding tert-OH is 1. The fourth-order valence-corrected chi connectivity index (χ4v) is 3.25. The molecule has 110 valence electrons. The van der Waals surface area contributed by atoms with Crippen molar-refractivity contribution in [2.24, 2.45) is 5.92 Å². The van der Waals surface area contributed by atoms with Crippen molar-refractivity contribution in [3.63, 3.8) is 0 Å². The molecule has 1 heterocycles. The number of aromatic nitrogens is 1. The van der Waals surface area contributed by atoms with Crippen LogP contribution < -0.4 is 5.32 Å². The second-order valence-electron chi connectivity index (χ2n) is 5.18. The minimum Gasteiger partial charge on any atom is -0.393 e. The molecule has 1 aliphatic rings. The molecule has 0 spiro atoms. The summed E-state index contributed by atoms with van der Waals surface area (Å²) in [6, 6.07) is 5.77. The highest BCUT2D eigenvalue weighted by Crippen LogP contribution is 2.23. The molecular formula is C15H22N2O2S. The average Bonchev–Trinajstić information content (AvgIpc) is 2.47. The number of aliphatic hydroxyl groups is 1. The Hall–Kier alpha value is -1.07. The molecule has 1 aliphatic carbocycles. The summed E-state index contributed by atoms with van der Waals surface area (Å²) in [7, 11) is 0. The molecule has 2 N–H and O–H groups in total. The topological polar surface area (TPSA) is 62.2 Å². The van der Waals surface area contributed by atoms with Gasteiger partial charge in [-0.15, -0.1) is 11.8 Å². The molecule has 0 bridgehead atoms. The van der Waals surface area contributed by atoms with E-state index in [-0.39, 0.29) is 17.9 Å². The van der Waals surface area contributed by atoms with E-state index in [1.807, 2.05) is 18.2 Å². The Bertz CT molecular complexity index is 414. The van der Waals surface area contributed by atoms with Gasteiger partial charge in [0.15, 0.2) is 0 Å². The van der Waals surface area contributed by atoms with Crippen LogP contribution in [0.15, 0.2) is 29.4 Å². The van der Waals surface area contributed by atoms with Crippen LogP contribution >= 0.6 is 11.8 Å². The van der Waals surface area contributed by atoms with Crippen molar-refractivity contribution in [1.82, 2.24) is 10.3 Å². The van der Waals surface area contributed by atoms with E-state index in [2.05, 4.69) is 10.3 Å². The Morgan fingerprint density at radius 2 is 2.25 bits per heavy atom. The standard InChI is InChI=1S/C15H22N2O2S/c18-13-6-2-1-5-12(13)11-17-14(19)8-10-20-15-7-3-4-9-16-15/h3-4,7,9,12-13,18H,1-2,5-6,8,10-11H2,(H,17,19)/t12-,13-/m1/s1. The number of thioether (sulfide) groups is 1. The summed E-state index contributed by atoms with van der Waals surface area (Å²) >= 11 is 1.59. The molecule has 2 rings (SSSR count). The quantitative estimate of drug-likeness (QED) is 0.790. The van der Waals surface area contributed by atoms with Crippen LogP contribution in [0.4, 0.5) is 0 Å². The van der Waals surface area contributed by atoms with Gasteiger partial charge in [-0.25, -0.2) is 4.98 Å². The van der Waals surface area contributed by atoms with Gasteiger partial charge in [-0.05, 0) is 25.0 Å². The van der Waals surface area contributed by atoms with Gasteiger partial charge in [-0.1, -0.05) is 18.9 Å². The summed E-state index contributed by atoms with van der Waals surface area (Å²) in [5, 5.41) is 13.7. The number of pyridine rings is 1. The predicted molar refractivity (Wildman–Crippen MR) is 80.6 cm³/mol. The van der Waals surface area contributed by atoms with Gasteiger partial charge >= 0.3 is 0 Å². The zero-order chi connectivity index (χ0) is 14.2. The Labute approximate surface area is 124 Å². The first-order valence-corrected chi connectivity index (χ1v) is 8.23. The number of carbonyl (C=O) groups is 1. The van der Waals surface area contributed by atoms with Crippen molar-refractivity contribution in [2.75, 3.05) is 12.3 Å². The zero-order valence-electron chi connectivity index (χ0n) is 11.6. The minimum atomic E-state index is -0.244. The molecule has 0 aromatic carbocycles. The number of nitrogens with one attached hydrogen (secondary N) is 1. The molecule has 1 aromatic rings. The molecule has 0 saturated heterocycles. The summed E-state index contributed by atoms with van der Waals surface area (Å²) in [6.07, 6.45) is 6.16. The molecule has 20 heavy (non-hydrogen) atoms. The monoisotopic (exact) mass is 294 g/mol. The van der Waals surface area contributed by atoms with Gasteiger partial charge in [0, 0.05) is 30.8 Å². The lowest BCUT2D eigenvalue weighted by Crippen LogP contribution is -2.36. The largest absolute Gasteiger partial charge is 0.393 e. The van der Waals surface area contributed by atoms with Crippen LogP contribution in [-0.4, -0.2) is 34.4 Å². The maximum absolute atomic E-state index is 11.8. The molecule has 1 saturated carbocycles. The second-order valence-corrected chi connectivity index (χ2v) is 6.30. The highest BCUT2D eigenvalue weighted by atomic mass is 32.2. The van der Waals surface area contributed by atoms with Crippen LogP contribution in [0.3, 0.4) is 0 Å². The van der Waals surface area contributed by atoms with E-state index in [0.717, 1.165) is 36.5 Å². The molecule has 0 unspecified atom stereocenters. The highest BCUT2D eigenvalue weighted by Gasteiger charge is 2.23. The van der Waals surface area contributed by atoms with Crippen molar-refractivity contribution in [2.45, 2.75) is 43.2 Å². The SMILES string of the molecule is O=C(CCSc1ccccn1)NC[C@H]1CCCC[C@H]1O. The van der Waals surface area contributed by atoms with Crippen LogP contribution in [0.25, 0.3) is 0 Å². The van der Waals surface area contributed by atoms with E-state index in [1.165, 1.54) is 0 Å². The lowest BCUT2D eigenvalue weighted by Gasteiger charge is -2.27. The summed E-state index contributed by atoms with van der Waals surface area (Å²) in [6.45, 7) is 0.605. The molecule has 4 nitrogen and oxygen atoms in total. The fourth-order valence-electron chi connectivity index (χ4n) is 2.44. The van der Waals surface area contributed by atoms with Crippen LogP contribution in [0.1, 0.15) is 32.1 Å². The lowest BCUT2D eigenvalue weighted by molar-refractivity contribution is -0.121. The van der Waals surface area contributed by atoms with Crippen molar-refractivity contribution in [3.05, 3.63) is 24.4 Å². The van der Waals surface area contributed by atoms with Crippen LogP contribution in [0.5, 0.6) is 0 Å². The second kappa shape index (κ2) is 8.27. The van der Waals surface area contributed by atoms with Gasteiger partial charge in [0.25, 0.3) is 0 Å². The number of carbonyl (C=O) groups excluding carboxylic acids is 1. The Balaban J connectivity index is 1.60. The summed E-state index contributed by atoms with van der Waals surface area (Å²) in [4.78, 5) is 16.0. The van der Waals surface area contributed by atoms with Crippen molar-refractivity contribution in [3.8, 4) is 0 Å². The Morgan fingerprint density at radius 1 is 1.40 bits per heavy atom. The summed E-state index contributed by atoms with van der Waals surface area (Å²) in [5.41, 5.74) is 0. The smallest absolute Gasteiger partial charge is 0.220 e. The predicted octanol–water partition coefficient (Wildman–Crippen LogP) is 2.23. The molecule has 5 heteroatoms. The van der Waals surface area contributed by atoms with E-state index in [1.54, 1.807) is 18.0 Å². The van der Waals surface area contributed by atoms with Crippen LogP contribution in [0, 0.1) is 5.92 Å². The maximum atomic E-state index is 11.8. The lowest BCUT2D eigenvalue weighted by atomic mass is 9.86. The molecule has 1 amide bonds. The van der Waals surface area contributed by atoms with Gasteiger partial charge < -0.3 is 10.4 Å². The van der Waals surface area contributed by atoms with Gasteiger partial charge in [-0.3, -0.25) is 4.79 Å². The molecule has 0 aliphatic heterocycles. The molecular weight excluding hydrogens is 272 g/mol. The molecule has 1 fully saturated rings. The van der Waals surface area contributed by atoms with Gasteiger partial charge in [0.2, 0.25) is 5.91 Å². The number of rotatable bonds is 6. The van der Waals surface area contributed by atoms with E-state index in [9.17, 15) is 9.90 Å². The third-order valence-corrected chi connectivity index (χ3v) is 4.59. The van der Waals surface area contributed by atoms with Crippen molar-refractivity contribution < 1.29 is 9.90 Å². The maximum Gasteiger partial charge on any atom is 0.220 e. The third kappa shape index (κ3) is 5.13. The van der Waals surface area contributed by atoms with Gasteiger partial charge in [-0.2, -0.15) is 0 Å². The zero-order valence-corrected chi connectivity index (χ0v) is 12.4. The fraction of sp³-hybridized carbons (Fsp3) is 0.600. The summed E-state index contributed by atoms with van der Waals surface area (Å²) < 4.78 is 0. The third-order valence-electron chi connectivity index (χ3n) is 3.65. The van der Waals surface area contributed by atoms with Gasteiger partial charge in [0.05, 0.1) is 11.1 Å². The molecule has 1 aromatic heterocycles. The molecule has 0 radical (unpaired) electrons. The van der Waals surface area contributed by atoms with E-state index in [0.29, 0.717) is 13.0 Å². The number of hydrogen-bond donors (Lipinski definition) is 2. The van der Waals surface area contributed by atoms with Crippen LogP contribution in [-0.2, 0) is 4.79 Å². The summed E-state index contributed by atoms with van der Waals surface area (Å²) in [5.74, 6) is 1.03. The number of nitrogens with zero attached hydrogens (tertiary/aromatic N) is 1. The normalized spacial score (nSPS) is 22.4. The average molecular weight is 294 g/mol. The van der Waals surface area contributed by atoms with E-state index in [4.69, 9.17) is 0 Å². The van der Waals surface area contributed by atoms with Crippen molar-refractivity contribution >= 4 is 17.7 Å². The van der Waals surface area contributed by atoms with E-state index >= 15 is 0 Å². The van der Waals surface area contributed by atoms with Crippen LogP contribution in [0.2, 0.25) is 0 Å². The highest BCUT2D eigenvalue weighted by molar-refractivity contribution is 7.99. The first kappa shape index (κ1) is 15.3. The Kier molecular flexibility index (Phi) is 6.33. The first-order valence-electron chi connectivity index (χ1n) is 7.24. The minimum absolute atomic E-state index is 0.0613. The molecule has 2 atom stereocenters. The number of amides is 1. The Morgan fingerprint density at radius 3 is 3.00 bits per heavy atom. The first-order chi connectivity index (χ1) is 9.75. The van der Waals surface area contributed by atoms with Gasteiger partial charge in [0.1, 0.15) is 0 Å². The van der Waals surface area contributed by atoms with E-state index < -0.39 is 0 Å². The number of hydrogen-bond acceptors (Lipinski definition) is 4.